The molecule has 2 N–H and O–H groups in total. The van der Waals surface area contributed by atoms with Crippen molar-refractivity contribution in [1.82, 2.24) is 10.6 Å². The molecule has 14 heavy (non-hydrogen) atoms. The third-order valence-corrected chi connectivity index (χ3v) is 4.03. The molecule has 0 spiro atoms. The quantitative estimate of drug-likeness (QED) is 0.680. The molecule has 3 unspecified atom stereocenters. The van der Waals surface area contributed by atoms with Gasteiger partial charge in [-0.25, -0.2) is 0 Å². The summed E-state index contributed by atoms with van der Waals surface area (Å²) in [4.78, 5) is 0. The van der Waals surface area contributed by atoms with Crippen molar-refractivity contribution in [3.63, 3.8) is 0 Å². The highest BCUT2D eigenvalue weighted by atomic mass is 32.1. The molecule has 78 valence electrons. The third-order valence-electron chi connectivity index (χ3n) is 3.79. The molecular weight excluding hydrogens is 192 g/mol. The SMILES string of the molecule is S=C(NC1CC1)NC1CCC2CC2C1. The van der Waals surface area contributed by atoms with Crippen LogP contribution in [0, 0.1) is 11.8 Å². The van der Waals surface area contributed by atoms with E-state index < -0.39 is 0 Å². The second-order valence-electron chi connectivity index (χ2n) is 5.16. The van der Waals surface area contributed by atoms with Gasteiger partial charge in [-0.15, -0.1) is 0 Å². The molecule has 0 radical (unpaired) electrons. The minimum atomic E-state index is 0.664. The fraction of sp³-hybridized carbons (Fsp3) is 0.909. The van der Waals surface area contributed by atoms with Crippen LogP contribution >= 0.6 is 12.2 Å². The molecule has 3 fully saturated rings. The molecule has 3 aliphatic rings. The maximum atomic E-state index is 5.28. The highest BCUT2D eigenvalue weighted by Crippen LogP contribution is 2.49. The van der Waals surface area contributed by atoms with E-state index in [1.807, 2.05) is 0 Å². The van der Waals surface area contributed by atoms with Gasteiger partial charge in [0.1, 0.15) is 0 Å². The van der Waals surface area contributed by atoms with Crippen LogP contribution in [-0.4, -0.2) is 17.2 Å². The van der Waals surface area contributed by atoms with Crippen molar-refractivity contribution in [3.05, 3.63) is 0 Å². The molecule has 0 aromatic rings. The summed E-state index contributed by atoms with van der Waals surface area (Å²) >= 11 is 5.28. The summed E-state index contributed by atoms with van der Waals surface area (Å²) in [5.41, 5.74) is 0. The predicted octanol–water partition coefficient (Wildman–Crippen LogP) is 1.80. The van der Waals surface area contributed by atoms with Crippen molar-refractivity contribution in [3.8, 4) is 0 Å². The summed E-state index contributed by atoms with van der Waals surface area (Å²) in [5.74, 6) is 2.11. The Morgan fingerprint density at radius 1 is 0.857 bits per heavy atom. The van der Waals surface area contributed by atoms with Crippen LogP contribution in [-0.2, 0) is 0 Å². The van der Waals surface area contributed by atoms with Crippen LogP contribution in [0.3, 0.4) is 0 Å². The van der Waals surface area contributed by atoms with Gasteiger partial charge in [0.15, 0.2) is 5.11 Å². The van der Waals surface area contributed by atoms with E-state index in [0.717, 1.165) is 16.9 Å². The molecule has 0 amide bonds. The lowest BCUT2D eigenvalue weighted by atomic mass is 9.96. The normalized spacial score (nSPS) is 39.9. The minimum Gasteiger partial charge on any atom is -0.360 e. The van der Waals surface area contributed by atoms with Crippen LogP contribution in [0.25, 0.3) is 0 Å². The number of fused-ring (bicyclic) bond motifs is 1. The first-order chi connectivity index (χ1) is 6.81. The van der Waals surface area contributed by atoms with Crippen LogP contribution in [0.15, 0.2) is 0 Å². The molecular formula is C11H18N2S. The molecule has 0 heterocycles. The topological polar surface area (TPSA) is 24.1 Å². The number of nitrogens with one attached hydrogen (secondary N) is 2. The monoisotopic (exact) mass is 210 g/mol. The van der Waals surface area contributed by atoms with Gasteiger partial charge in [-0.1, -0.05) is 0 Å². The second-order valence-corrected chi connectivity index (χ2v) is 5.57. The van der Waals surface area contributed by atoms with E-state index in [0.29, 0.717) is 12.1 Å². The molecule has 0 aromatic carbocycles. The minimum absolute atomic E-state index is 0.664. The summed E-state index contributed by atoms with van der Waals surface area (Å²) in [6.07, 6.45) is 8.20. The molecule has 0 bridgehead atoms. The zero-order valence-corrected chi connectivity index (χ0v) is 9.28. The van der Waals surface area contributed by atoms with Gasteiger partial charge in [0, 0.05) is 12.1 Å². The van der Waals surface area contributed by atoms with E-state index in [4.69, 9.17) is 12.2 Å². The van der Waals surface area contributed by atoms with Gasteiger partial charge in [-0.2, -0.15) is 0 Å². The van der Waals surface area contributed by atoms with Crippen molar-refractivity contribution in [2.45, 2.75) is 50.6 Å². The summed E-state index contributed by atoms with van der Waals surface area (Å²) in [5, 5.41) is 7.72. The van der Waals surface area contributed by atoms with Crippen LogP contribution in [0.5, 0.6) is 0 Å². The Morgan fingerprint density at radius 3 is 2.29 bits per heavy atom. The van der Waals surface area contributed by atoms with Gasteiger partial charge in [-0.05, 0) is 62.6 Å². The van der Waals surface area contributed by atoms with Crippen molar-refractivity contribution in [2.75, 3.05) is 0 Å². The standard InChI is InChI=1S/C11H18N2S/c14-11(12-9-3-4-9)13-10-2-1-7-5-8(7)6-10/h7-10H,1-6H2,(H2,12,13,14). The molecule has 3 atom stereocenters. The van der Waals surface area contributed by atoms with Crippen LogP contribution in [0.2, 0.25) is 0 Å². The van der Waals surface area contributed by atoms with E-state index in [2.05, 4.69) is 10.6 Å². The van der Waals surface area contributed by atoms with Crippen molar-refractivity contribution >= 4 is 17.3 Å². The third kappa shape index (κ3) is 2.02. The van der Waals surface area contributed by atoms with Gasteiger partial charge < -0.3 is 10.6 Å². The van der Waals surface area contributed by atoms with E-state index in [9.17, 15) is 0 Å². The molecule has 2 nitrogen and oxygen atoms in total. The Labute approximate surface area is 90.8 Å². The first-order valence-electron chi connectivity index (χ1n) is 5.88. The fourth-order valence-corrected chi connectivity index (χ4v) is 2.96. The summed E-state index contributed by atoms with van der Waals surface area (Å²) < 4.78 is 0. The molecule has 3 aliphatic carbocycles. The average Bonchev–Trinajstić information content (AvgIpc) is 2.96. The van der Waals surface area contributed by atoms with Gasteiger partial charge in [0.25, 0.3) is 0 Å². The van der Waals surface area contributed by atoms with Crippen molar-refractivity contribution in [2.24, 2.45) is 11.8 Å². The van der Waals surface area contributed by atoms with Crippen molar-refractivity contribution in [1.29, 1.82) is 0 Å². The zero-order valence-electron chi connectivity index (χ0n) is 8.46. The summed E-state index contributed by atoms with van der Waals surface area (Å²) in [7, 11) is 0. The first kappa shape index (κ1) is 8.96. The predicted molar refractivity (Wildman–Crippen MR) is 61.1 cm³/mol. The van der Waals surface area contributed by atoms with E-state index >= 15 is 0 Å². The molecule has 0 aliphatic heterocycles. The van der Waals surface area contributed by atoms with Gasteiger partial charge in [0.2, 0.25) is 0 Å². The van der Waals surface area contributed by atoms with Gasteiger partial charge >= 0.3 is 0 Å². The van der Waals surface area contributed by atoms with Crippen LogP contribution in [0.4, 0.5) is 0 Å². The lowest BCUT2D eigenvalue weighted by Crippen LogP contribution is -2.43. The number of hydrogen-bond acceptors (Lipinski definition) is 1. The number of rotatable bonds is 2. The smallest absolute Gasteiger partial charge is 0.166 e. The Balaban J connectivity index is 1.43. The lowest BCUT2D eigenvalue weighted by molar-refractivity contribution is 0.395. The van der Waals surface area contributed by atoms with Crippen molar-refractivity contribution < 1.29 is 0 Å². The zero-order chi connectivity index (χ0) is 9.54. The molecule has 3 rings (SSSR count). The second kappa shape index (κ2) is 3.37. The molecule has 0 saturated heterocycles. The largest absolute Gasteiger partial charge is 0.360 e. The van der Waals surface area contributed by atoms with Gasteiger partial charge in [0.05, 0.1) is 0 Å². The highest BCUT2D eigenvalue weighted by Gasteiger charge is 2.42. The maximum absolute atomic E-state index is 5.28. The fourth-order valence-electron chi connectivity index (χ4n) is 2.62. The highest BCUT2D eigenvalue weighted by molar-refractivity contribution is 7.80. The molecule has 0 aromatic heterocycles. The average molecular weight is 210 g/mol. The summed E-state index contributed by atoms with van der Waals surface area (Å²) in [6.45, 7) is 0. The van der Waals surface area contributed by atoms with Gasteiger partial charge in [-0.3, -0.25) is 0 Å². The Bertz CT molecular complexity index is 250. The summed E-state index contributed by atoms with van der Waals surface area (Å²) in [6, 6.07) is 1.35. The van der Waals surface area contributed by atoms with Crippen LogP contribution < -0.4 is 10.6 Å². The number of hydrogen-bond donors (Lipinski definition) is 2. The number of thiocarbonyl (C=S) groups is 1. The molecule has 3 heteroatoms. The maximum Gasteiger partial charge on any atom is 0.166 e. The first-order valence-corrected chi connectivity index (χ1v) is 6.29. The van der Waals surface area contributed by atoms with Crippen LogP contribution in [0.1, 0.15) is 38.5 Å². The van der Waals surface area contributed by atoms with E-state index in [1.165, 1.54) is 38.5 Å². The van der Waals surface area contributed by atoms with E-state index in [-0.39, 0.29) is 0 Å². The Morgan fingerprint density at radius 2 is 1.57 bits per heavy atom. The van der Waals surface area contributed by atoms with E-state index in [1.54, 1.807) is 0 Å². The Hall–Kier alpha value is -0.310. The molecule has 3 saturated carbocycles. The lowest BCUT2D eigenvalue weighted by Gasteiger charge is -2.24. The Kier molecular flexibility index (Phi) is 2.15.